The highest BCUT2D eigenvalue weighted by atomic mass is 35.5. The molecule has 4 nitrogen and oxygen atoms in total. The zero-order valence-electron chi connectivity index (χ0n) is 11.0. The Balaban J connectivity index is 2.54. The fraction of sp³-hybridized carbons (Fsp3) is 0.0667. The fourth-order valence-corrected chi connectivity index (χ4v) is 1.78. The van der Waals surface area contributed by atoms with Gasteiger partial charge >= 0.3 is 0 Å². The maximum atomic E-state index is 5.99. The second-order valence-electron chi connectivity index (χ2n) is 3.85. The van der Waals surface area contributed by atoms with Crippen LogP contribution in [0.15, 0.2) is 55.4 Å². The lowest BCUT2D eigenvalue weighted by Gasteiger charge is -2.04. The predicted molar refractivity (Wildman–Crippen MR) is 81.1 cm³/mol. The lowest BCUT2D eigenvalue weighted by Crippen LogP contribution is -1.99. The van der Waals surface area contributed by atoms with Gasteiger partial charge in [-0.2, -0.15) is 9.97 Å². The summed E-state index contributed by atoms with van der Waals surface area (Å²) in [4.78, 5) is 16.7. The van der Waals surface area contributed by atoms with Crippen molar-refractivity contribution in [1.29, 1.82) is 0 Å². The van der Waals surface area contributed by atoms with Gasteiger partial charge in [0.15, 0.2) is 11.6 Å². The molecule has 2 aromatic heterocycles. The van der Waals surface area contributed by atoms with E-state index >= 15 is 0 Å². The van der Waals surface area contributed by atoms with Gasteiger partial charge in [0.05, 0.1) is 0 Å². The fourth-order valence-electron chi connectivity index (χ4n) is 1.62. The molecule has 0 fully saturated rings. The number of hydrogen-bond acceptors (Lipinski definition) is 4. The third-order valence-electron chi connectivity index (χ3n) is 2.45. The Kier molecular flexibility index (Phi) is 4.74. The van der Waals surface area contributed by atoms with Gasteiger partial charge in [0, 0.05) is 23.5 Å². The van der Waals surface area contributed by atoms with E-state index in [2.05, 4.69) is 26.5 Å². The molecule has 0 aromatic carbocycles. The van der Waals surface area contributed by atoms with E-state index in [1.165, 1.54) is 0 Å². The van der Waals surface area contributed by atoms with Crippen LogP contribution in [0.2, 0.25) is 5.28 Å². The van der Waals surface area contributed by atoms with Crippen LogP contribution in [-0.2, 0) is 0 Å². The highest BCUT2D eigenvalue weighted by Gasteiger charge is 2.09. The van der Waals surface area contributed by atoms with E-state index in [1.807, 2.05) is 37.3 Å². The average Bonchev–Trinajstić information content (AvgIpc) is 2.47. The number of halogens is 1. The van der Waals surface area contributed by atoms with Crippen molar-refractivity contribution in [2.75, 3.05) is 0 Å². The quantitative estimate of drug-likeness (QED) is 0.803. The van der Waals surface area contributed by atoms with Gasteiger partial charge in [-0.05, 0) is 30.7 Å². The highest BCUT2D eigenvalue weighted by Crippen LogP contribution is 2.19. The van der Waals surface area contributed by atoms with Crippen LogP contribution in [0.5, 0.6) is 0 Å². The molecule has 0 bridgehead atoms. The Morgan fingerprint density at radius 3 is 2.60 bits per heavy atom. The largest absolute Gasteiger partial charge is 0.265 e. The minimum atomic E-state index is 0.154. The second-order valence-corrected chi connectivity index (χ2v) is 4.18. The van der Waals surface area contributed by atoms with Gasteiger partial charge in [-0.1, -0.05) is 30.9 Å². The molecule has 0 saturated carbocycles. The number of rotatable bonds is 4. The predicted octanol–water partition coefficient (Wildman–Crippen LogP) is 3.73. The van der Waals surface area contributed by atoms with Crippen molar-refractivity contribution in [1.82, 2.24) is 19.9 Å². The van der Waals surface area contributed by atoms with E-state index < -0.39 is 0 Å². The molecule has 0 spiro atoms. The van der Waals surface area contributed by atoms with Gasteiger partial charge in [-0.3, -0.25) is 4.98 Å². The molecule has 0 aliphatic carbocycles. The van der Waals surface area contributed by atoms with Crippen LogP contribution in [-0.4, -0.2) is 19.9 Å². The Morgan fingerprint density at radius 1 is 1.20 bits per heavy atom. The molecular weight excluding hydrogens is 272 g/mol. The van der Waals surface area contributed by atoms with Crippen LogP contribution in [0.3, 0.4) is 0 Å². The first-order chi connectivity index (χ1) is 9.74. The van der Waals surface area contributed by atoms with Crippen molar-refractivity contribution < 1.29 is 0 Å². The smallest absolute Gasteiger partial charge is 0.226 e. The van der Waals surface area contributed by atoms with Gasteiger partial charge in [0.1, 0.15) is 0 Å². The molecule has 0 N–H and O–H groups in total. The monoisotopic (exact) mass is 284 g/mol. The van der Waals surface area contributed by atoms with E-state index in [-0.39, 0.29) is 5.28 Å². The summed E-state index contributed by atoms with van der Waals surface area (Å²) in [6.07, 6.45) is 10.7. The van der Waals surface area contributed by atoms with Crippen molar-refractivity contribution in [3.8, 4) is 11.4 Å². The highest BCUT2D eigenvalue weighted by molar-refractivity contribution is 6.28. The number of pyridine rings is 1. The molecule has 2 heterocycles. The first-order valence-corrected chi connectivity index (χ1v) is 6.40. The summed E-state index contributed by atoms with van der Waals surface area (Å²) in [5, 5.41) is 0.154. The van der Waals surface area contributed by atoms with E-state index in [0.717, 1.165) is 11.1 Å². The first kappa shape index (κ1) is 14.1. The Morgan fingerprint density at radius 2 is 1.95 bits per heavy atom. The van der Waals surface area contributed by atoms with Gasteiger partial charge in [0.25, 0.3) is 0 Å². The lowest BCUT2D eigenvalue weighted by molar-refractivity contribution is 1.03. The summed E-state index contributed by atoms with van der Waals surface area (Å²) < 4.78 is 0. The van der Waals surface area contributed by atoms with Crippen molar-refractivity contribution in [3.63, 3.8) is 0 Å². The topological polar surface area (TPSA) is 51.6 Å². The van der Waals surface area contributed by atoms with Crippen LogP contribution in [0.1, 0.15) is 12.7 Å². The molecule has 0 aliphatic heterocycles. The van der Waals surface area contributed by atoms with E-state index in [9.17, 15) is 0 Å². The Hall–Kier alpha value is -2.33. The van der Waals surface area contributed by atoms with Crippen LogP contribution >= 0.6 is 11.6 Å². The molecule has 0 aliphatic rings. The average molecular weight is 285 g/mol. The van der Waals surface area contributed by atoms with Crippen molar-refractivity contribution in [3.05, 3.63) is 66.5 Å². The third kappa shape index (κ3) is 3.36. The summed E-state index contributed by atoms with van der Waals surface area (Å²) in [5.41, 5.74) is 1.66. The molecule has 0 amide bonds. The molecule has 0 saturated heterocycles. The van der Waals surface area contributed by atoms with Crippen molar-refractivity contribution in [2.45, 2.75) is 6.92 Å². The van der Waals surface area contributed by atoms with Gasteiger partial charge in [0.2, 0.25) is 5.28 Å². The van der Waals surface area contributed by atoms with Gasteiger partial charge < -0.3 is 0 Å². The SMILES string of the molecule is C=C/C=C(\C=C/C)c1nc(Cl)nc(-c2ccncc2)n1. The standard InChI is InChI=1S/C15H13ClN4/c1-3-5-11(6-4-2)13-18-14(20-15(16)19-13)12-7-9-17-10-8-12/h3-10H,1H2,2H3/b6-4-,11-5+. The number of aromatic nitrogens is 4. The molecule has 20 heavy (non-hydrogen) atoms. The molecule has 2 rings (SSSR count). The second kappa shape index (κ2) is 6.73. The Bertz CT molecular complexity index is 663. The molecule has 0 unspecified atom stereocenters. The van der Waals surface area contributed by atoms with Crippen LogP contribution in [0, 0.1) is 0 Å². The van der Waals surface area contributed by atoms with Crippen LogP contribution in [0.25, 0.3) is 17.0 Å². The summed E-state index contributed by atoms with van der Waals surface area (Å²) >= 11 is 5.99. The first-order valence-electron chi connectivity index (χ1n) is 6.02. The number of nitrogens with zero attached hydrogens (tertiary/aromatic N) is 4. The number of allylic oxidation sites excluding steroid dienone is 5. The maximum absolute atomic E-state index is 5.99. The Labute approximate surface area is 122 Å². The molecule has 0 radical (unpaired) electrons. The van der Waals surface area contributed by atoms with Gasteiger partial charge in [-0.15, -0.1) is 0 Å². The van der Waals surface area contributed by atoms with E-state index in [4.69, 9.17) is 11.6 Å². The van der Waals surface area contributed by atoms with Crippen molar-refractivity contribution >= 4 is 17.2 Å². The molecule has 2 aromatic rings. The third-order valence-corrected chi connectivity index (χ3v) is 2.62. The lowest BCUT2D eigenvalue weighted by atomic mass is 10.2. The van der Waals surface area contributed by atoms with Gasteiger partial charge in [-0.25, -0.2) is 4.98 Å². The zero-order chi connectivity index (χ0) is 14.4. The minimum absolute atomic E-state index is 0.154. The summed E-state index contributed by atoms with van der Waals surface area (Å²) in [6.45, 7) is 5.61. The molecule has 5 heteroatoms. The minimum Gasteiger partial charge on any atom is -0.265 e. The van der Waals surface area contributed by atoms with E-state index in [1.54, 1.807) is 18.5 Å². The zero-order valence-corrected chi connectivity index (χ0v) is 11.7. The summed E-state index contributed by atoms with van der Waals surface area (Å²) in [5.74, 6) is 1.02. The normalized spacial score (nSPS) is 11.8. The van der Waals surface area contributed by atoms with Crippen LogP contribution in [0.4, 0.5) is 0 Å². The molecule has 100 valence electrons. The molecular formula is C15H13ClN4. The summed E-state index contributed by atoms with van der Waals surface area (Å²) in [7, 11) is 0. The maximum Gasteiger partial charge on any atom is 0.226 e. The number of hydrogen-bond donors (Lipinski definition) is 0. The molecule has 0 atom stereocenters. The summed E-state index contributed by atoms with van der Waals surface area (Å²) in [6, 6.07) is 3.64. The van der Waals surface area contributed by atoms with Crippen LogP contribution < -0.4 is 0 Å². The van der Waals surface area contributed by atoms with Crippen molar-refractivity contribution in [2.24, 2.45) is 0 Å². The van der Waals surface area contributed by atoms with E-state index in [0.29, 0.717) is 11.6 Å².